The summed E-state index contributed by atoms with van der Waals surface area (Å²) in [6.45, 7) is 1.87. The average Bonchev–Trinajstić information content (AvgIpc) is 2.77. The SMILES string of the molecule is Cc1cc(NC(=O)C2CCSC2)cnc1Cl. The number of pyridine rings is 1. The van der Waals surface area contributed by atoms with E-state index in [2.05, 4.69) is 10.3 Å². The second-order valence-corrected chi connectivity index (χ2v) is 5.39. The Hall–Kier alpha value is -0.740. The van der Waals surface area contributed by atoms with Gasteiger partial charge in [-0.3, -0.25) is 4.79 Å². The van der Waals surface area contributed by atoms with Crippen molar-refractivity contribution in [2.45, 2.75) is 13.3 Å². The van der Waals surface area contributed by atoms with Crippen molar-refractivity contribution < 1.29 is 4.79 Å². The lowest BCUT2D eigenvalue weighted by Crippen LogP contribution is -2.22. The zero-order chi connectivity index (χ0) is 11.5. The van der Waals surface area contributed by atoms with E-state index in [1.165, 1.54) is 0 Å². The highest BCUT2D eigenvalue weighted by Gasteiger charge is 2.23. The number of thioether (sulfide) groups is 1. The minimum Gasteiger partial charge on any atom is -0.324 e. The Kier molecular flexibility index (Phi) is 3.71. The predicted octanol–water partition coefficient (Wildman–Crippen LogP) is 2.74. The van der Waals surface area contributed by atoms with Gasteiger partial charge in [0.05, 0.1) is 11.9 Å². The normalized spacial score (nSPS) is 19.8. The van der Waals surface area contributed by atoms with Crippen molar-refractivity contribution in [1.82, 2.24) is 4.98 Å². The van der Waals surface area contributed by atoms with E-state index >= 15 is 0 Å². The van der Waals surface area contributed by atoms with Gasteiger partial charge in [-0.05, 0) is 30.7 Å². The molecule has 1 amide bonds. The number of amides is 1. The third kappa shape index (κ3) is 2.68. The van der Waals surface area contributed by atoms with Gasteiger partial charge in [0.1, 0.15) is 5.15 Å². The van der Waals surface area contributed by atoms with E-state index in [9.17, 15) is 4.79 Å². The van der Waals surface area contributed by atoms with Crippen LogP contribution in [0.25, 0.3) is 0 Å². The molecule has 5 heteroatoms. The van der Waals surface area contributed by atoms with E-state index in [0.717, 1.165) is 29.2 Å². The smallest absolute Gasteiger partial charge is 0.228 e. The zero-order valence-corrected chi connectivity index (χ0v) is 10.6. The van der Waals surface area contributed by atoms with Crippen molar-refractivity contribution in [2.75, 3.05) is 16.8 Å². The maximum atomic E-state index is 11.8. The molecular weight excluding hydrogens is 244 g/mol. The molecule has 16 heavy (non-hydrogen) atoms. The van der Waals surface area contributed by atoms with Crippen molar-refractivity contribution in [3.63, 3.8) is 0 Å². The van der Waals surface area contributed by atoms with Crippen molar-refractivity contribution in [1.29, 1.82) is 0 Å². The molecule has 0 saturated carbocycles. The van der Waals surface area contributed by atoms with Crippen molar-refractivity contribution in [3.8, 4) is 0 Å². The number of aromatic nitrogens is 1. The molecule has 0 spiro atoms. The Morgan fingerprint density at radius 1 is 1.69 bits per heavy atom. The molecule has 1 fully saturated rings. The van der Waals surface area contributed by atoms with Gasteiger partial charge in [-0.2, -0.15) is 11.8 Å². The molecule has 1 unspecified atom stereocenters. The van der Waals surface area contributed by atoms with Crippen molar-refractivity contribution >= 4 is 35.0 Å². The fraction of sp³-hybridized carbons (Fsp3) is 0.455. The molecule has 1 N–H and O–H groups in total. The Labute approximate surface area is 104 Å². The van der Waals surface area contributed by atoms with Gasteiger partial charge < -0.3 is 5.32 Å². The van der Waals surface area contributed by atoms with Gasteiger partial charge in [0, 0.05) is 11.7 Å². The van der Waals surface area contributed by atoms with Crippen LogP contribution < -0.4 is 5.32 Å². The Morgan fingerprint density at radius 3 is 3.12 bits per heavy atom. The van der Waals surface area contributed by atoms with Crippen LogP contribution in [-0.2, 0) is 4.79 Å². The van der Waals surface area contributed by atoms with Crippen molar-refractivity contribution in [2.24, 2.45) is 5.92 Å². The van der Waals surface area contributed by atoms with Crippen LogP contribution in [0.5, 0.6) is 0 Å². The summed E-state index contributed by atoms with van der Waals surface area (Å²) in [5, 5.41) is 3.36. The van der Waals surface area contributed by atoms with Crippen LogP contribution in [0.2, 0.25) is 5.15 Å². The molecule has 3 nitrogen and oxygen atoms in total. The maximum absolute atomic E-state index is 11.8. The van der Waals surface area contributed by atoms with Crippen LogP contribution >= 0.6 is 23.4 Å². The number of halogens is 1. The summed E-state index contributed by atoms with van der Waals surface area (Å²) >= 11 is 7.65. The highest BCUT2D eigenvalue weighted by atomic mass is 35.5. The van der Waals surface area contributed by atoms with Crippen LogP contribution in [-0.4, -0.2) is 22.4 Å². The lowest BCUT2D eigenvalue weighted by atomic mass is 10.1. The average molecular weight is 257 g/mol. The summed E-state index contributed by atoms with van der Waals surface area (Å²) in [5.74, 6) is 2.23. The van der Waals surface area contributed by atoms with E-state index in [4.69, 9.17) is 11.6 Å². The molecule has 1 atom stereocenters. The first-order chi connectivity index (χ1) is 7.66. The van der Waals surface area contributed by atoms with Gasteiger partial charge in [-0.25, -0.2) is 4.98 Å². The molecule has 2 heterocycles. The molecule has 0 aromatic carbocycles. The van der Waals surface area contributed by atoms with E-state index in [1.54, 1.807) is 6.20 Å². The van der Waals surface area contributed by atoms with Crippen LogP contribution in [0.15, 0.2) is 12.3 Å². The fourth-order valence-electron chi connectivity index (χ4n) is 1.61. The van der Waals surface area contributed by atoms with Gasteiger partial charge in [0.25, 0.3) is 0 Å². The molecule has 1 aromatic rings. The lowest BCUT2D eigenvalue weighted by molar-refractivity contribution is -0.119. The summed E-state index contributed by atoms with van der Waals surface area (Å²) in [6.07, 6.45) is 2.56. The van der Waals surface area contributed by atoms with E-state index in [-0.39, 0.29) is 11.8 Å². The number of hydrogen-bond donors (Lipinski definition) is 1. The third-order valence-corrected chi connectivity index (χ3v) is 4.14. The second-order valence-electron chi connectivity index (χ2n) is 3.88. The van der Waals surface area contributed by atoms with Crippen molar-refractivity contribution in [3.05, 3.63) is 23.0 Å². The predicted molar refractivity (Wildman–Crippen MR) is 68.0 cm³/mol. The first-order valence-corrected chi connectivity index (χ1v) is 6.71. The minimum absolute atomic E-state index is 0.0912. The van der Waals surface area contributed by atoms with E-state index in [1.807, 2.05) is 24.8 Å². The lowest BCUT2D eigenvalue weighted by Gasteiger charge is -2.10. The standard InChI is InChI=1S/C11H13ClN2OS/c1-7-4-9(5-13-10(7)12)14-11(15)8-2-3-16-6-8/h4-5,8H,2-3,6H2,1H3,(H,14,15). The molecule has 86 valence electrons. The molecular formula is C11H13ClN2OS. The van der Waals surface area contributed by atoms with Gasteiger partial charge in [-0.1, -0.05) is 11.6 Å². The number of aryl methyl sites for hydroxylation is 1. The summed E-state index contributed by atoms with van der Waals surface area (Å²) in [4.78, 5) is 15.8. The number of carbonyl (C=O) groups excluding carboxylic acids is 1. The van der Waals surface area contributed by atoms with Gasteiger partial charge >= 0.3 is 0 Å². The first-order valence-electron chi connectivity index (χ1n) is 5.17. The fourth-order valence-corrected chi connectivity index (χ4v) is 2.94. The zero-order valence-electron chi connectivity index (χ0n) is 9.00. The maximum Gasteiger partial charge on any atom is 0.228 e. The number of nitrogens with zero attached hydrogens (tertiary/aromatic N) is 1. The second kappa shape index (κ2) is 5.06. The molecule has 2 rings (SSSR count). The van der Waals surface area contributed by atoms with Crippen LogP contribution in [0.3, 0.4) is 0 Å². The van der Waals surface area contributed by atoms with Gasteiger partial charge in [0.2, 0.25) is 5.91 Å². The summed E-state index contributed by atoms with van der Waals surface area (Å²) in [7, 11) is 0. The molecule has 0 bridgehead atoms. The van der Waals surface area contributed by atoms with E-state index < -0.39 is 0 Å². The molecule has 1 aliphatic rings. The third-order valence-electron chi connectivity index (χ3n) is 2.58. The monoisotopic (exact) mass is 256 g/mol. The molecule has 1 aromatic heterocycles. The van der Waals surface area contributed by atoms with Crippen LogP contribution in [0.1, 0.15) is 12.0 Å². The largest absolute Gasteiger partial charge is 0.324 e. The Balaban J connectivity index is 2.02. The quantitative estimate of drug-likeness (QED) is 0.828. The molecule has 0 radical (unpaired) electrons. The number of anilines is 1. The summed E-state index contributed by atoms with van der Waals surface area (Å²) in [6, 6.07) is 1.84. The van der Waals surface area contributed by atoms with E-state index in [0.29, 0.717) is 5.15 Å². The number of nitrogens with one attached hydrogen (secondary N) is 1. The molecule has 1 aliphatic heterocycles. The van der Waals surface area contributed by atoms with Gasteiger partial charge in [-0.15, -0.1) is 0 Å². The topological polar surface area (TPSA) is 42.0 Å². The van der Waals surface area contributed by atoms with Crippen LogP contribution in [0, 0.1) is 12.8 Å². The highest BCUT2D eigenvalue weighted by molar-refractivity contribution is 7.99. The minimum atomic E-state index is 0.0912. The molecule has 0 aliphatic carbocycles. The summed E-state index contributed by atoms with van der Waals surface area (Å²) in [5.41, 5.74) is 1.60. The highest BCUT2D eigenvalue weighted by Crippen LogP contribution is 2.25. The number of rotatable bonds is 2. The first kappa shape index (κ1) is 11.7. The van der Waals surface area contributed by atoms with Crippen LogP contribution in [0.4, 0.5) is 5.69 Å². The number of carbonyl (C=O) groups is 1. The Morgan fingerprint density at radius 2 is 2.50 bits per heavy atom. The molecule has 1 saturated heterocycles. The number of hydrogen-bond acceptors (Lipinski definition) is 3. The summed E-state index contributed by atoms with van der Waals surface area (Å²) < 4.78 is 0. The Bertz CT molecular complexity index is 405. The van der Waals surface area contributed by atoms with Gasteiger partial charge in [0.15, 0.2) is 0 Å².